The number of aliphatic hydroxyl groups excluding tert-OH is 1. The predicted octanol–water partition coefficient (Wildman–Crippen LogP) is 5.92. The molecule has 0 aromatic carbocycles. The third-order valence-corrected chi connectivity index (χ3v) is 3.51. The summed E-state index contributed by atoms with van der Waals surface area (Å²) in [5.41, 5.74) is 0. The van der Waals surface area contributed by atoms with E-state index in [1.165, 1.54) is 63.9 Å². The molecule has 0 rings (SSSR count). The molecule has 0 aliphatic rings. The van der Waals surface area contributed by atoms with Gasteiger partial charge in [0, 0.05) is 6.61 Å². The van der Waals surface area contributed by atoms with Crippen molar-refractivity contribution in [3.8, 4) is 0 Å². The monoisotopic (exact) mass is 272 g/mol. The Hall–Kier alpha value is -0.370. The first-order valence-electron chi connectivity index (χ1n) is 8.26. The Balaban J connectivity index is 3.10. The van der Waals surface area contributed by atoms with E-state index < -0.39 is 0 Å². The molecule has 0 saturated carbocycles. The molecule has 0 heterocycles. The second-order valence-electron chi connectivity index (χ2n) is 5.45. The maximum absolute atomic E-state index is 13.1. The minimum atomic E-state index is -0.0509. The van der Waals surface area contributed by atoms with Crippen molar-refractivity contribution in [3.63, 3.8) is 0 Å². The molecule has 114 valence electrons. The van der Waals surface area contributed by atoms with Crippen LogP contribution in [0.5, 0.6) is 0 Å². The van der Waals surface area contributed by atoms with Crippen molar-refractivity contribution < 1.29 is 9.50 Å². The average molecular weight is 272 g/mol. The minimum Gasteiger partial charge on any atom is -0.396 e. The van der Waals surface area contributed by atoms with Gasteiger partial charge in [-0.2, -0.15) is 0 Å². The molecule has 0 atom stereocenters. The molecule has 0 aliphatic heterocycles. The number of hydrogen-bond donors (Lipinski definition) is 1. The van der Waals surface area contributed by atoms with Gasteiger partial charge >= 0.3 is 0 Å². The number of halogens is 1. The van der Waals surface area contributed by atoms with Gasteiger partial charge in [-0.3, -0.25) is 0 Å². The lowest BCUT2D eigenvalue weighted by Gasteiger charge is -2.02. The highest BCUT2D eigenvalue weighted by atomic mass is 19.1. The zero-order chi connectivity index (χ0) is 14.2. The van der Waals surface area contributed by atoms with E-state index in [0.29, 0.717) is 12.8 Å². The molecule has 0 unspecified atom stereocenters. The van der Waals surface area contributed by atoms with Gasteiger partial charge in [0.05, 0.1) is 5.83 Å². The zero-order valence-corrected chi connectivity index (χ0v) is 12.8. The molecule has 0 spiro atoms. The maximum Gasteiger partial charge on any atom is 0.0960 e. The molecular weight excluding hydrogens is 239 g/mol. The molecule has 0 amide bonds. The molecule has 1 nitrogen and oxygen atoms in total. The van der Waals surface area contributed by atoms with Crippen molar-refractivity contribution in [2.75, 3.05) is 6.61 Å². The number of hydrogen-bond acceptors (Lipinski definition) is 1. The predicted molar refractivity (Wildman–Crippen MR) is 82.0 cm³/mol. The fraction of sp³-hybridized carbons (Fsp3) is 0.882. The van der Waals surface area contributed by atoms with Crippen molar-refractivity contribution in [2.24, 2.45) is 0 Å². The molecule has 0 saturated heterocycles. The summed E-state index contributed by atoms with van der Waals surface area (Å²) in [6.07, 6.45) is 16.7. The number of allylic oxidation sites excluding steroid dienone is 1. The first-order chi connectivity index (χ1) is 9.31. The fourth-order valence-corrected chi connectivity index (χ4v) is 2.28. The molecular formula is C17H33FO. The normalized spacial score (nSPS) is 12.1. The summed E-state index contributed by atoms with van der Waals surface area (Å²) < 4.78 is 13.1. The summed E-state index contributed by atoms with van der Waals surface area (Å²) in [6, 6.07) is 0. The van der Waals surface area contributed by atoms with Crippen molar-refractivity contribution >= 4 is 0 Å². The van der Waals surface area contributed by atoms with E-state index in [0.717, 1.165) is 12.8 Å². The highest BCUT2D eigenvalue weighted by Gasteiger charge is 1.96. The van der Waals surface area contributed by atoms with Crippen LogP contribution in [0.3, 0.4) is 0 Å². The number of unbranched alkanes of at least 4 members (excludes halogenated alkanes) is 10. The third-order valence-electron chi connectivity index (χ3n) is 3.51. The van der Waals surface area contributed by atoms with Gasteiger partial charge in [0.2, 0.25) is 0 Å². The van der Waals surface area contributed by atoms with Gasteiger partial charge in [0.25, 0.3) is 0 Å². The summed E-state index contributed by atoms with van der Waals surface area (Å²) in [4.78, 5) is 0. The van der Waals surface area contributed by atoms with E-state index in [2.05, 4.69) is 6.92 Å². The van der Waals surface area contributed by atoms with Gasteiger partial charge in [0.15, 0.2) is 0 Å². The van der Waals surface area contributed by atoms with Crippen LogP contribution in [-0.4, -0.2) is 11.7 Å². The van der Waals surface area contributed by atoms with Crippen LogP contribution in [0.2, 0.25) is 0 Å². The summed E-state index contributed by atoms with van der Waals surface area (Å²) in [5, 5.41) is 8.56. The first kappa shape index (κ1) is 18.6. The molecule has 0 radical (unpaired) electrons. The van der Waals surface area contributed by atoms with Crippen LogP contribution < -0.4 is 0 Å². The van der Waals surface area contributed by atoms with Gasteiger partial charge in [-0.15, -0.1) is 0 Å². The lowest BCUT2D eigenvalue weighted by atomic mass is 10.1. The van der Waals surface area contributed by atoms with Crippen LogP contribution in [0, 0.1) is 0 Å². The molecule has 2 heteroatoms. The third kappa shape index (κ3) is 15.6. The minimum absolute atomic E-state index is 0.0473. The molecule has 0 aromatic heterocycles. The van der Waals surface area contributed by atoms with E-state index in [9.17, 15) is 4.39 Å². The topological polar surface area (TPSA) is 20.2 Å². The quantitative estimate of drug-likeness (QED) is 0.389. The lowest BCUT2D eigenvalue weighted by molar-refractivity contribution is 0.301. The maximum atomic E-state index is 13.1. The molecule has 0 aromatic rings. The summed E-state index contributed by atoms with van der Waals surface area (Å²) in [5.74, 6) is -0.0509. The molecule has 0 bridgehead atoms. The summed E-state index contributed by atoms with van der Waals surface area (Å²) >= 11 is 0. The Bertz CT molecular complexity index is 201. The van der Waals surface area contributed by atoms with E-state index in [1.807, 2.05) is 0 Å². The number of aliphatic hydroxyl groups is 1. The van der Waals surface area contributed by atoms with Gasteiger partial charge in [-0.25, -0.2) is 4.39 Å². The van der Waals surface area contributed by atoms with Crippen LogP contribution in [0.4, 0.5) is 4.39 Å². The van der Waals surface area contributed by atoms with Crippen molar-refractivity contribution in [3.05, 3.63) is 11.9 Å². The van der Waals surface area contributed by atoms with E-state index in [4.69, 9.17) is 5.11 Å². The highest BCUT2D eigenvalue weighted by Crippen LogP contribution is 2.14. The Kier molecular flexibility index (Phi) is 15.4. The van der Waals surface area contributed by atoms with Crippen LogP contribution in [0.25, 0.3) is 0 Å². The van der Waals surface area contributed by atoms with Gasteiger partial charge < -0.3 is 5.11 Å². The van der Waals surface area contributed by atoms with Crippen molar-refractivity contribution in [1.82, 2.24) is 0 Å². The van der Waals surface area contributed by atoms with E-state index in [-0.39, 0.29) is 12.4 Å². The van der Waals surface area contributed by atoms with Gasteiger partial charge in [0.1, 0.15) is 0 Å². The Morgan fingerprint density at radius 3 is 1.79 bits per heavy atom. The van der Waals surface area contributed by atoms with Gasteiger partial charge in [-0.05, 0) is 19.3 Å². The van der Waals surface area contributed by atoms with E-state index in [1.54, 1.807) is 0 Å². The number of rotatable bonds is 14. The highest BCUT2D eigenvalue weighted by molar-refractivity contribution is 4.90. The van der Waals surface area contributed by atoms with Crippen LogP contribution in [-0.2, 0) is 0 Å². The van der Waals surface area contributed by atoms with Crippen LogP contribution >= 0.6 is 0 Å². The molecule has 0 fully saturated rings. The Morgan fingerprint density at radius 2 is 1.32 bits per heavy atom. The molecule has 0 aliphatic carbocycles. The Morgan fingerprint density at radius 1 is 0.842 bits per heavy atom. The smallest absolute Gasteiger partial charge is 0.0960 e. The lowest BCUT2D eigenvalue weighted by Crippen LogP contribution is -1.84. The van der Waals surface area contributed by atoms with Crippen molar-refractivity contribution in [1.29, 1.82) is 0 Å². The second kappa shape index (κ2) is 15.7. The summed E-state index contributed by atoms with van der Waals surface area (Å²) in [7, 11) is 0. The SMILES string of the molecule is CCCCCCCCCCCCC/C(F)=C/CCO. The second-order valence-corrected chi connectivity index (χ2v) is 5.45. The van der Waals surface area contributed by atoms with Crippen LogP contribution in [0.15, 0.2) is 11.9 Å². The summed E-state index contributed by atoms with van der Waals surface area (Å²) in [6.45, 7) is 2.30. The standard InChI is InChI=1S/C17H33FO/c1-2-3-4-5-6-7-8-9-10-11-12-14-17(18)15-13-16-19/h15,19H,2-14,16H2,1H3/b17-15-. The molecule has 1 N–H and O–H groups in total. The average Bonchev–Trinajstić information content (AvgIpc) is 2.42. The fourth-order valence-electron chi connectivity index (χ4n) is 2.28. The molecule has 19 heavy (non-hydrogen) atoms. The Labute approximate surface area is 119 Å². The van der Waals surface area contributed by atoms with E-state index >= 15 is 0 Å². The largest absolute Gasteiger partial charge is 0.396 e. The first-order valence-corrected chi connectivity index (χ1v) is 8.26. The van der Waals surface area contributed by atoms with Crippen LogP contribution in [0.1, 0.15) is 90.4 Å². The zero-order valence-electron chi connectivity index (χ0n) is 12.8. The van der Waals surface area contributed by atoms with Gasteiger partial charge in [-0.1, -0.05) is 77.2 Å². The van der Waals surface area contributed by atoms with Crippen molar-refractivity contribution in [2.45, 2.75) is 90.4 Å².